The van der Waals surface area contributed by atoms with E-state index in [2.05, 4.69) is 15.5 Å². The fourth-order valence-corrected chi connectivity index (χ4v) is 1.70. The lowest BCUT2D eigenvalue weighted by atomic mass is 10.2. The molecule has 8 heteroatoms. The standard InChI is InChI=1S/C11H8Cl2N4O2/c12-5-1-2-7(14)8(3-5)15-10(18)6-4-9(13)16-17-11(6)19/h1-4H,14H2,(H,15,18)(H,17,19). The van der Waals surface area contributed by atoms with Crippen LogP contribution in [0.1, 0.15) is 10.4 Å². The third kappa shape index (κ3) is 3.04. The number of nitrogen functional groups attached to an aromatic ring is 1. The van der Waals surface area contributed by atoms with Crippen LogP contribution >= 0.6 is 23.2 Å². The van der Waals surface area contributed by atoms with Crippen LogP contribution in [-0.4, -0.2) is 16.1 Å². The summed E-state index contributed by atoms with van der Waals surface area (Å²) in [7, 11) is 0. The molecule has 1 amide bonds. The molecular weight excluding hydrogens is 291 g/mol. The number of hydrogen-bond donors (Lipinski definition) is 3. The Balaban J connectivity index is 2.33. The Labute approximate surface area is 117 Å². The zero-order chi connectivity index (χ0) is 14.0. The van der Waals surface area contributed by atoms with E-state index in [1.807, 2.05) is 0 Å². The van der Waals surface area contributed by atoms with Crippen molar-refractivity contribution in [2.24, 2.45) is 0 Å². The quantitative estimate of drug-likeness (QED) is 0.737. The van der Waals surface area contributed by atoms with Crippen LogP contribution in [0.25, 0.3) is 0 Å². The van der Waals surface area contributed by atoms with E-state index in [9.17, 15) is 9.59 Å². The summed E-state index contributed by atoms with van der Waals surface area (Å²) in [5.74, 6) is -0.653. The summed E-state index contributed by atoms with van der Waals surface area (Å²) in [5, 5.41) is 8.46. The fourth-order valence-electron chi connectivity index (χ4n) is 1.38. The van der Waals surface area contributed by atoms with Gasteiger partial charge in [-0.25, -0.2) is 5.10 Å². The molecule has 6 nitrogen and oxygen atoms in total. The number of nitrogens with two attached hydrogens (primary N) is 1. The van der Waals surface area contributed by atoms with Gasteiger partial charge >= 0.3 is 0 Å². The van der Waals surface area contributed by atoms with Gasteiger partial charge in [0.05, 0.1) is 11.4 Å². The third-order valence-electron chi connectivity index (χ3n) is 2.28. The molecule has 0 bridgehead atoms. The Bertz CT molecular complexity index is 699. The number of H-pyrrole nitrogens is 1. The molecule has 0 spiro atoms. The summed E-state index contributed by atoms with van der Waals surface area (Å²) in [5.41, 5.74) is 5.51. The van der Waals surface area contributed by atoms with Crippen LogP contribution in [0.2, 0.25) is 10.2 Å². The van der Waals surface area contributed by atoms with E-state index in [0.717, 1.165) is 6.07 Å². The number of carbonyl (C=O) groups excluding carboxylic acids is 1. The highest BCUT2D eigenvalue weighted by atomic mass is 35.5. The molecule has 4 N–H and O–H groups in total. The van der Waals surface area contributed by atoms with Crippen LogP contribution < -0.4 is 16.6 Å². The second-order valence-corrected chi connectivity index (χ2v) is 4.44. The van der Waals surface area contributed by atoms with E-state index < -0.39 is 11.5 Å². The highest BCUT2D eigenvalue weighted by Gasteiger charge is 2.13. The van der Waals surface area contributed by atoms with Gasteiger partial charge in [0.1, 0.15) is 10.7 Å². The molecule has 2 aromatic rings. The monoisotopic (exact) mass is 298 g/mol. The van der Waals surface area contributed by atoms with Gasteiger partial charge in [-0.15, -0.1) is 0 Å². The van der Waals surface area contributed by atoms with Gasteiger partial charge < -0.3 is 11.1 Å². The SMILES string of the molecule is Nc1ccc(Cl)cc1NC(=O)c1cc(Cl)n[nH]c1=O. The third-order valence-corrected chi connectivity index (χ3v) is 2.71. The smallest absolute Gasteiger partial charge is 0.277 e. The summed E-state index contributed by atoms with van der Waals surface area (Å²) in [6.07, 6.45) is 0. The summed E-state index contributed by atoms with van der Waals surface area (Å²) in [6, 6.07) is 5.77. The summed E-state index contributed by atoms with van der Waals surface area (Å²) >= 11 is 11.4. The van der Waals surface area contributed by atoms with Gasteiger partial charge in [0, 0.05) is 5.02 Å². The molecule has 19 heavy (non-hydrogen) atoms. The lowest BCUT2D eigenvalue weighted by Crippen LogP contribution is -2.24. The molecule has 1 aromatic carbocycles. The van der Waals surface area contributed by atoms with Crippen molar-refractivity contribution in [3.63, 3.8) is 0 Å². The molecule has 0 radical (unpaired) electrons. The van der Waals surface area contributed by atoms with E-state index in [1.54, 1.807) is 12.1 Å². The molecule has 0 unspecified atom stereocenters. The summed E-state index contributed by atoms with van der Waals surface area (Å²) in [4.78, 5) is 23.4. The summed E-state index contributed by atoms with van der Waals surface area (Å²) < 4.78 is 0. The fraction of sp³-hybridized carbons (Fsp3) is 0. The first kappa shape index (κ1) is 13.4. The van der Waals surface area contributed by atoms with Gasteiger partial charge in [-0.05, 0) is 24.3 Å². The van der Waals surface area contributed by atoms with Crippen LogP contribution in [0.3, 0.4) is 0 Å². The highest BCUT2D eigenvalue weighted by Crippen LogP contribution is 2.23. The lowest BCUT2D eigenvalue weighted by Gasteiger charge is -2.08. The number of aromatic nitrogens is 2. The first-order valence-corrected chi connectivity index (χ1v) is 5.84. The van der Waals surface area contributed by atoms with Gasteiger partial charge in [-0.1, -0.05) is 23.2 Å². The van der Waals surface area contributed by atoms with Crippen molar-refractivity contribution in [1.29, 1.82) is 0 Å². The summed E-state index contributed by atoms with van der Waals surface area (Å²) in [6.45, 7) is 0. The van der Waals surface area contributed by atoms with Crippen LogP contribution in [0.4, 0.5) is 11.4 Å². The van der Waals surface area contributed by atoms with Crippen LogP contribution in [0.15, 0.2) is 29.1 Å². The number of rotatable bonds is 2. The number of carbonyl (C=O) groups is 1. The van der Waals surface area contributed by atoms with Gasteiger partial charge in [0.15, 0.2) is 0 Å². The van der Waals surface area contributed by atoms with Crippen molar-refractivity contribution in [3.8, 4) is 0 Å². The average Bonchev–Trinajstić information content (AvgIpc) is 2.36. The number of aromatic amines is 1. The number of nitrogens with one attached hydrogen (secondary N) is 2. The maximum Gasteiger partial charge on any atom is 0.277 e. The molecule has 1 aromatic heterocycles. The van der Waals surface area contributed by atoms with Gasteiger partial charge in [-0.2, -0.15) is 5.10 Å². The van der Waals surface area contributed by atoms with Crippen molar-refractivity contribution in [3.05, 3.63) is 50.4 Å². The Hall–Kier alpha value is -2.05. The molecule has 0 saturated heterocycles. The second kappa shape index (κ2) is 5.29. The Morgan fingerprint density at radius 2 is 2.05 bits per heavy atom. The molecule has 0 atom stereocenters. The number of amides is 1. The van der Waals surface area contributed by atoms with Crippen molar-refractivity contribution in [2.45, 2.75) is 0 Å². The zero-order valence-corrected chi connectivity index (χ0v) is 10.9. The molecule has 1 heterocycles. The van der Waals surface area contributed by atoms with E-state index >= 15 is 0 Å². The van der Waals surface area contributed by atoms with E-state index in [1.165, 1.54) is 6.07 Å². The minimum absolute atomic E-state index is 0.00353. The van der Waals surface area contributed by atoms with Gasteiger partial charge in [0.25, 0.3) is 11.5 Å². The first-order valence-electron chi connectivity index (χ1n) is 5.09. The normalized spacial score (nSPS) is 10.2. The maximum atomic E-state index is 11.9. The van der Waals surface area contributed by atoms with Crippen molar-refractivity contribution < 1.29 is 4.79 Å². The first-order chi connectivity index (χ1) is 8.97. The van der Waals surface area contributed by atoms with Crippen LogP contribution in [0.5, 0.6) is 0 Å². The number of benzene rings is 1. The number of nitrogens with zero attached hydrogens (tertiary/aromatic N) is 1. The molecule has 0 aliphatic heterocycles. The molecule has 0 aliphatic rings. The minimum atomic E-state index is -0.653. The number of hydrogen-bond acceptors (Lipinski definition) is 4. The van der Waals surface area contributed by atoms with E-state index in [4.69, 9.17) is 28.9 Å². The van der Waals surface area contributed by atoms with Crippen LogP contribution in [0, 0.1) is 0 Å². The zero-order valence-electron chi connectivity index (χ0n) is 9.41. The molecule has 98 valence electrons. The molecule has 0 saturated carbocycles. The molecular formula is C11H8Cl2N4O2. The Kier molecular flexibility index (Phi) is 3.73. The maximum absolute atomic E-state index is 11.9. The second-order valence-electron chi connectivity index (χ2n) is 3.62. The Morgan fingerprint density at radius 1 is 1.32 bits per heavy atom. The number of anilines is 2. The van der Waals surface area contributed by atoms with Crippen molar-refractivity contribution in [1.82, 2.24) is 10.2 Å². The predicted molar refractivity (Wildman–Crippen MR) is 73.7 cm³/mol. The van der Waals surface area contributed by atoms with E-state index in [-0.39, 0.29) is 10.7 Å². The lowest BCUT2D eigenvalue weighted by molar-refractivity contribution is 0.102. The van der Waals surface area contributed by atoms with Gasteiger partial charge in [0.2, 0.25) is 0 Å². The van der Waals surface area contributed by atoms with Crippen LogP contribution in [-0.2, 0) is 0 Å². The largest absolute Gasteiger partial charge is 0.397 e. The topological polar surface area (TPSA) is 101 Å². The molecule has 0 fully saturated rings. The number of halogens is 2. The molecule has 0 aliphatic carbocycles. The average molecular weight is 299 g/mol. The predicted octanol–water partition coefficient (Wildman–Crippen LogP) is 1.91. The van der Waals surface area contributed by atoms with Crippen molar-refractivity contribution in [2.75, 3.05) is 11.1 Å². The van der Waals surface area contributed by atoms with Gasteiger partial charge in [-0.3, -0.25) is 9.59 Å². The van der Waals surface area contributed by atoms with Crippen molar-refractivity contribution >= 4 is 40.5 Å². The molecule has 2 rings (SSSR count). The highest BCUT2D eigenvalue weighted by molar-refractivity contribution is 6.31. The Morgan fingerprint density at radius 3 is 2.79 bits per heavy atom. The van der Waals surface area contributed by atoms with E-state index in [0.29, 0.717) is 16.4 Å². The minimum Gasteiger partial charge on any atom is -0.397 e.